The number of hydrogen-bond acceptors (Lipinski definition) is 9. The number of amides is 4. The molecule has 4 rings (SSSR count). The van der Waals surface area contributed by atoms with Gasteiger partial charge in [-0.25, -0.2) is 19.6 Å². The highest BCUT2D eigenvalue weighted by atomic mass is 16.6. The van der Waals surface area contributed by atoms with Crippen LogP contribution in [0.3, 0.4) is 0 Å². The van der Waals surface area contributed by atoms with Gasteiger partial charge in [0.25, 0.3) is 5.91 Å². The number of pyridine rings is 1. The lowest BCUT2D eigenvalue weighted by Crippen LogP contribution is -2.65. The van der Waals surface area contributed by atoms with Crippen molar-refractivity contribution in [2.75, 3.05) is 37.6 Å². The summed E-state index contributed by atoms with van der Waals surface area (Å²) in [5.41, 5.74) is 1.26. The zero-order chi connectivity index (χ0) is 26.4. The smallest absolute Gasteiger partial charge is 0.413 e. The molecule has 12 nitrogen and oxygen atoms in total. The summed E-state index contributed by atoms with van der Waals surface area (Å²) in [6.45, 7) is 4.71. The Morgan fingerprint density at radius 2 is 1.84 bits per heavy atom. The molecule has 1 aromatic carbocycles. The van der Waals surface area contributed by atoms with Gasteiger partial charge in [-0.05, 0) is 49.2 Å². The lowest BCUT2D eigenvalue weighted by atomic mass is 10.1. The SMILES string of the molecule is CCCN1C(=O)C2NC(c3ccc(NCOC(=O)Nc4ccc(OC)cc4)nc3)=NC2N(CCC)C1=O. The largest absolute Gasteiger partial charge is 0.497 e. The van der Waals surface area contributed by atoms with Crippen molar-refractivity contribution in [3.63, 3.8) is 0 Å². The highest BCUT2D eigenvalue weighted by Gasteiger charge is 2.49. The van der Waals surface area contributed by atoms with E-state index >= 15 is 0 Å². The van der Waals surface area contributed by atoms with Gasteiger partial charge < -0.3 is 20.1 Å². The third-order valence-electron chi connectivity index (χ3n) is 5.92. The van der Waals surface area contributed by atoms with E-state index in [0.29, 0.717) is 48.2 Å². The fourth-order valence-electron chi connectivity index (χ4n) is 4.13. The second kappa shape index (κ2) is 11.6. The average Bonchev–Trinajstić information content (AvgIpc) is 3.35. The molecule has 1 aromatic heterocycles. The molecule has 0 aliphatic carbocycles. The molecule has 4 amide bonds. The van der Waals surface area contributed by atoms with Gasteiger partial charge in [0, 0.05) is 30.5 Å². The number of rotatable bonds is 10. The number of urea groups is 1. The Kier molecular flexibility index (Phi) is 8.06. The Hall–Kier alpha value is -4.35. The molecular weight excluding hydrogens is 478 g/mol. The number of ether oxygens (including phenoxy) is 2. The lowest BCUT2D eigenvalue weighted by Gasteiger charge is -2.40. The van der Waals surface area contributed by atoms with Gasteiger partial charge in [0.1, 0.15) is 23.4 Å². The molecule has 3 heterocycles. The number of carbonyl (C=O) groups excluding carboxylic acids is 3. The van der Waals surface area contributed by atoms with Crippen LogP contribution in [0.25, 0.3) is 0 Å². The van der Waals surface area contributed by atoms with E-state index in [4.69, 9.17) is 9.47 Å². The minimum Gasteiger partial charge on any atom is -0.497 e. The van der Waals surface area contributed by atoms with Crippen molar-refractivity contribution < 1.29 is 23.9 Å². The van der Waals surface area contributed by atoms with Crippen molar-refractivity contribution >= 4 is 35.4 Å². The summed E-state index contributed by atoms with van der Waals surface area (Å²) in [5.74, 6) is 1.42. The molecule has 196 valence electrons. The third kappa shape index (κ3) is 5.74. The normalized spacial score (nSPS) is 18.6. The van der Waals surface area contributed by atoms with Crippen LogP contribution >= 0.6 is 0 Å². The van der Waals surface area contributed by atoms with Gasteiger partial charge in [-0.1, -0.05) is 13.8 Å². The van der Waals surface area contributed by atoms with Gasteiger partial charge in [0.15, 0.2) is 12.9 Å². The van der Waals surface area contributed by atoms with Crippen molar-refractivity contribution in [1.29, 1.82) is 0 Å². The van der Waals surface area contributed by atoms with Crippen molar-refractivity contribution in [2.24, 2.45) is 4.99 Å². The average molecular weight is 510 g/mol. The first kappa shape index (κ1) is 25.7. The van der Waals surface area contributed by atoms with Gasteiger partial charge in [0.2, 0.25) is 0 Å². The Morgan fingerprint density at radius 1 is 1.08 bits per heavy atom. The summed E-state index contributed by atoms with van der Waals surface area (Å²) in [4.78, 5) is 49.8. The van der Waals surface area contributed by atoms with Crippen LogP contribution in [0.2, 0.25) is 0 Å². The highest BCUT2D eigenvalue weighted by Crippen LogP contribution is 2.25. The Labute approximate surface area is 215 Å². The number of methoxy groups -OCH3 is 1. The number of amidine groups is 1. The molecule has 0 bridgehead atoms. The van der Waals surface area contributed by atoms with Crippen LogP contribution < -0.4 is 20.7 Å². The molecule has 2 aliphatic rings. The molecule has 0 saturated carbocycles. The number of carbonyl (C=O) groups is 3. The molecule has 2 atom stereocenters. The molecule has 0 radical (unpaired) electrons. The molecule has 1 fully saturated rings. The molecule has 3 N–H and O–H groups in total. The standard InChI is InChI=1S/C25H31N7O5/c1-4-12-31-22-20(23(33)32(13-5-2)25(31)35)29-21(30-22)16-6-11-19(26-14-16)27-15-37-24(34)28-17-7-9-18(36-3)10-8-17/h6-11,14,20,22H,4-5,12-13,15H2,1-3H3,(H,26,27)(H,28,34)(H,29,30). The van der Waals surface area contributed by atoms with Crippen molar-refractivity contribution in [2.45, 2.75) is 38.9 Å². The number of aromatic nitrogens is 1. The summed E-state index contributed by atoms with van der Waals surface area (Å²) in [6.07, 6.45) is 1.85. The van der Waals surface area contributed by atoms with Crippen LogP contribution in [-0.4, -0.2) is 77.8 Å². The van der Waals surface area contributed by atoms with Crippen LogP contribution in [0, 0.1) is 0 Å². The number of nitrogens with zero attached hydrogens (tertiary/aromatic N) is 4. The maximum atomic E-state index is 13.0. The summed E-state index contributed by atoms with van der Waals surface area (Å²) >= 11 is 0. The number of nitrogens with one attached hydrogen (secondary N) is 3. The highest BCUT2D eigenvalue weighted by molar-refractivity contribution is 6.08. The van der Waals surface area contributed by atoms with Crippen molar-refractivity contribution in [3.05, 3.63) is 48.2 Å². The van der Waals surface area contributed by atoms with E-state index in [-0.39, 0.29) is 18.7 Å². The molecule has 37 heavy (non-hydrogen) atoms. The van der Waals surface area contributed by atoms with Crippen LogP contribution in [0.1, 0.15) is 32.3 Å². The van der Waals surface area contributed by atoms with Crippen molar-refractivity contribution in [3.8, 4) is 5.75 Å². The first-order chi connectivity index (χ1) is 17.9. The van der Waals surface area contributed by atoms with Gasteiger partial charge in [0.05, 0.1) is 7.11 Å². The molecule has 2 aliphatic heterocycles. The lowest BCUT2D eigenvalue weighted by molar-refractivity contribution is -0.134. The topological polar surface area (TPSA) is 137 Å². The van der Waals surface area contributed by atoms with Gasteiger partial charge in [-0.2, -0.15) is 0 Å². The fraction of sp³-hybridized carbons (Fsp3) is 0.400. The van der Waals surface area contributed by atoms with E-state index < -0.39 is 18.3 Å². The molecule has 2 unspecified atom stereocenters. The molecule has 2 aromatic rings. The molecular formula is C25H31N7O5. The van der Waals surface area contributed by atoms with E-state index in [1.165, 1.54) is 4.90 Å². The minimum absolute atomic E-state index is 0.0897. The van der Waals surface area contributed by atoms with Gasteiger partial charge in [-0.3, -0.25) is 19.9 Å². The zero-order valence-corrected chi connectivity index (χ0v) is 21.1. The van der Waals surface area contributed by atoms with Gasteiger partial charge in [-0.15, -0.1) is 0 Å². The van der Waals surface area contributed by atoms with E-state index in [1.54, 1.807) is 54.6 Å². The quantitative estimate of drug-likeness (QED) is 0.416. The van der Waals surface area contributed by atoms with Gasteiger partial charge >= 0.3 is 12.1 Å². The van der Waals surface area contributed by atoms with E-state index in [0.717, 1.165) is 6.42 Å². The van der Waals surface area contributed by atoms with Crippen LogP contribution in [0.15, 0.2) is 47.6 Å². The predicted molar refractivity (Wildman–Crippen MR) is 137 cm³/mol. The second-order valence-corrected chi connectivity index (χ2v) is 8.52. The second-order valence-electron chi connectivity index (χ2n) is 8.52. The predicted octanol–water partition coefficient (Wildman–Crippen LogP) is 2.84. The Morgan fingerprint density at radius 3 is 2.49 bits per heavy atom. The number of imide groups is 1. The van der Waals surface area contributed by atoms with Crippen LogP contribution in [0.5, 0.6) is 5.75 Å². The third-order valence-corrected chi connectivity index (χ3v) is 5.92. The first-order valence-electron chi connectivity index (χ1n) is 12.2. The maximum Gasteiger partial charge on any atom is 0.413 e. The fourth-order valence-corrected chi connectivity index (χ4v) is 4.13. The maximum absolute atomic E-state index is 13.0. The summed E-state index contributed by atoms with van der Waals surface area (Å²) in [5, 5.41) is 8.72. The zero-order valence-electron chi connectivity index (χ0n) is 21.1. The molecule has 0 spiro atoms. The minimum atomic E-state index is -0.624. The summed E-state index contributed by atoms with van der Waals surface area (Å²) in [7, 11) is 1.57. The van der Waals surface area contributed by atoms with Crippen molar-refractivity contribution in [1.82, 2.24) is 20.1 Å². The number of benzene rings is 1. The molecule has 12 heteroatoms. The van der Waals surface area contributed by atoms with E-state index in [2.05, 4.69) is 25.9 Å². The van der Waals surface area contributed by atoms with E-state index in [9.17, 15) is 14.4 Å². The summed E-state index contributed by atoms with van der Waals surface area (Å²) in [6, 6.07) is 9.45. The Balaban J connectivity index is 1.33. The summed E-state index contributed by atoms with van der Waals surface area (Å²) < 4.78 is 10.2. The number of anilines is 2. The number of fused-ring (bicyclic) bond motifs is 1. The van der Waals surface area contributed by atoms with E-state index in [1.807, 2.05) is 13.8 Å². The first-order valence-corrected chi connectivity index (χ1v) is 12.2. The monoisotopic (exact) mass is 509 g/mol. The van der Waals surface area contributed by atoms with Crippen LogP contribution in [-0.2, 0) is 9.53 Å². The van der Waals surface area contributed by atoms with Crippen LogP contribution in [0.4, 0.5) is 21.1 Å². The Bertz CT molecular complexity index is 1150. The number of aliphatic imine (C=N–C) groups is 1. The molecule has 1 saturated heterocycles. The number of hydrogen-bond donors (Lipinski definition) is 3.